The fourth-order valence-electron chi connectivity index (χ4n) is 2.07. The monoisotopic (exact) mass is 366 g/mol. The molecule has 0 saturated heterocycles. The third-order valence-corrected chi connectivity index (χ3v) is 4.88. The van der Waals surface area contributed by atoms with Crippen LogP contribution in [0.25, 0.3) is 0 Å². The Morgan fingerprint density at radius 2 is 2.05 bits per heavy atom. The summed E-state index contributed by atoms with van der Waals surface area (Å²) in [7, 11) is 4.09. The Hall–Kier alpha value is -1.17. The minimum Gasteiger partial charge on any atom is -0.350 e. The minimum absolute atomic E-state index is 0.0168. The van der Waals surface area contributed by atoms with E-state index in [2.05, 4.69) is 38.3 Å². The molecule has 0 bridgehead atoms. The lowest BCUT2D eigenvalue weighted by molar-refractivity contribution is 0.0942. The smallest absolute Gasteiger partial charge is 0.252 e. The molecule has 1 aromatic heterocycles. The fourth-order valence-corrected chi connectivity index (χ4v) is 3.20. The Kier molecular flexibility index (Phi) is 5.96. The molecule has 1 N–H and O–H groups in total. The molecule has 21 heavy (non-hydrogen) atoms. The highest BCUT2D eigenvalue weighted by atomic mass is 79.9. The van der Waals surface area contributed by atoms with Gasteiger partial charge in [0.25, 0.3) is 5.91 Å². The molecule has 3 nitrogen and oxygen atoms in total. The standard InChI is InChI=1S/C16H19BrN2OS/c1-19(2)14(8-12-6-4-3-5-7-12)10-18-16(20)13-9-15(17)21-11-13/h3-7,9,11,14H,8,10H2,1-2H3,(H,18,20). The second kappa shape index (κ2) is 7.73. The summed E-state index contributed by atoms with van der Waals surface area (Å²) in [6.45, 7) is 0.633. The number of rotatable bonds is 6. The first-order chi connectivity index (χ1) is 10.1. The molecule has 0 fully saturated rings. The summed E-state index contributed by atoms with van der Waals surface area (Å²) in [6.07, 6.45) is 0.918. The van der Waals surface area contributed by atoms with Crippen LogP contribution in [0.4, 0.5) is 0 Å². The number of nitrogens with zero attached hydrogens (tertiary/aromatic N) is 1. The van der Waals surface area contributed by atoms with Gasteiger partial charge in [0.1, 0.15) is 0 Å². The van der Waals surface area contributed by atoms with Crippen molar-refractivity contribution in [3.05, 3.63) is 56.7 Å². The lowest BCUT2D eigenvalue weighted by Gasteiger charge is -2.24. The quantitative estimate of drug-likeness (QED) is 0.849. The van der Waals surface area contributed by atoms with E-state index in [1.165, 1.54) is 16.9 Å². The van der Waals surface area contributed by atoms with Gasteiger partial charge < -0.3 is 10.2 Å². The summed E-state index contributed by atoms with van der Waals surface area (Å²) in [5.74, 6) is -0.0168. The Morgan fingerprint density at radius 3 is 2.62 bits per heavy atom. The highest BCUT2D eigenvalue weighted by Gasteiger charge is 2.15. The van der Waals surface area contributed by atoms with Gasteiger partial charge in [-0.25, -0.2) is 0 Å². The Labute approximate surface area is 138 Å². The predicted molar refractivity (Wildman–Crippen MR) is 92.0 cm³/mol. The van der Waals surface area contributed by atoms with Gasteiger partial charge in [-0.2, -0.15) is 0 Å². The Bertz CT molecular complexity index is 583. The van der Waals surface area contributed by atoms with E-state index >= 15 is 0 Å². The van der Waals surface area contributed by atoms with E-state index in [4.69, 9.17) is 0 Å². The first-order valence-electron chi connectivity index (χ1n) is 6.79. The topological polar surface area (TPSA) is 32.3 Å². The number of nitrogens with one attached hydrogen (secondary N) is 1. The van der Waals surface area contributed by atoms with Crippen molar-refractivity contribution in [3.8, 4) is 0 Å². The zero-order valence-corrected chi connectivity index (χ0v) is 14.6. The maximum absolute atomic E-state index is 12.1. The van der Waals surface area contributed by atoms with Crippen molar-refractivity contribution in [2.75, 3.05) is 20.6 Å². The zero-order chi connectivity index (χ0) is 15.2. The number of benzene rings is 1. The molecule has 0 radical (unpaired) electrons. The van der Waals surface area contributed by atoms with Crippen LogP contribution in [-0.2, 0) is 6.42 Å². The molecule has 1 amide bonds. The van der Waals surface area contributed by atoms with Crippen molar-refractivity contribution in [1.29, 1.82) is 0 Å². The molecule has 112 valence electrons. The van der Waals surface area contributed by atoms with Gasteiger partial charge in [0.05, 0.1) is 9.35 Å². The second-order valence-corrected chi connectivity index (χ2v) is 7.45. The fraction of sp³-hybridized carbons (Fsp3) is 0.312. The highest BCUT2D eigenvalue weighted by Crippen LogP contribution is 2.20. The first kappa shape index (κ1) is 16.2. The van der Waals surface area contributed by atoms with Crippen LogP contribution in [0.1, 0.15) is 15.9 Å². The van der Waals surface area contributed by atoms with Crippen molar-refractivity contribution >= 4 is 33.2 Å². The normalized spacial score (nSPS) is 12.4. The van der Waals surface area contributed by atoms with E-state index in [-0.39, 0.29) is 11.9 Å². The molecule has 0 spiro atoms. The molecule has 1 aromatic carbocycles. The maximum atomic E-state index is 12.1. The van der Waals surface area contributed by atoms with E-state index in [0.717, 1.165) is 10.2 Å². The molecule has 0 aliphatic carbocycles. The third kappa shape index (κ3) is 4.95. The summed E-state index contributed by atoms with van der Waals surface area (Å²) in [4.78, 5) is 14.2. The van der Waals surface area contributed by atoms with Crippen LogP contribution >= 0.6 is 27.3 Å². The summed E-state index contributed by atoms with van der Waals surface area (Å²) in [5.41, 5.74) is 1.99. The Morgan fingerprint density at radius 1 is 1.33 bits per heavy atom. The average Bonchev–Trinajstić information content (AvgIpc) is 2.90. The van der Waals surface area contributed by atoms with E-state index in [9.17, 15) is 4.79 Å². The summed E-state index contributed by atoms with van der Waals surface area (Å²) < 4.78 is 0.973. The number of carbonyl (C=O) groups excluding carboxylic acids is 1. The van der Waals surface area contributed by atoms with Crippen molar-refractivity contribution in [1.82, 2.24) is 10.2 Å². The van der Waals surface area contributed by atoms with Gasteiger partial charge >= 0.3 is 0 Å². The zero-order valence-electron chi connectivity index (χ0n) is 12.2. The summed E-state index contributed by atoms with van der Waals surface area (Å²) in [5, 5.41) is 4.88. The van der Waals surface area contributed by atoms with Crippen molar-refractivity contribution in [2.45, 2.75) is 12.5 Å². The van der Waals surface area contributed by atoms with Crippen LogP contribution in [0.2, 0.25) is 0 Å². The van der Waals surface area contributed by atoms with Crippen LogP contribution in [-0.4, -0.2) is 37.5 Å². The molecular weight excluding hydrogens is 348 g/mol. The second-order valence-electron chi connectivity index (χ2n) is 5.16. The van der Waals surface area contributed by atoms with Gasteiger partial charge in [0.15, 0.2) is 0 Å². The van der Waals surface area contributed by atoms with Gasteiger partial charge in [-0.3, -0.25) is 4.79 Å². The molecule has 0 aliphatic heterocycles. The Balaban J connectivity index is 1.93. The number of amides is 1. The molecule has 1 heterocycles. The van der Waals surface area contributed by atoms with Crippen LogP contribution < -0.4 is 5.32 Å². The number of hydrogen-bond donors (Lipinski definition) is 1. The lowest BCUT2D eigenvalue weighted by atomic mass is 10.1. The number of thiophene rings is 1. The average molecular weight is 367 g/mol. The molecule has 0 saturated carbocycles. The summed E-state index contributed by atoms with van der Waals surface area (Å²) >= 11 is 4.90. The van der Waals surface area contributed by atoms with E-state index in [1.54, 1.807) is 0 Å². The number of halogens is 1. The van der Waals surface area contributed by atoms with Crippen molar-refractivity contribution in [2.24, 2.45) is 0 Å². The SMILES string of the molecule is CN(C)C(CNC(=O)c1csc(Br)c1)Cc1ccccc1. The molecule has 0 aliphatic rings. The van der Waals surface area contributed by atoms with E-state index in [0.29, 0.717) is 12.1 Å². The maximum Gasteiger partial charge on any atom is 0.252 e. The van der Waals surface area contributed by atoms with Crippen LogP contribution in [0.3, 0.4) is 0 Å². The van der Waals surface area contributed by atoms with Crippen molar-refractivity contribution < 1.29 is 4.79 Å². The largest absolute Gasteiger partial charge is 0.350 e. The van der Waals surface area contributed by atoms with Crippen molar-refractivity contribution in [3.63, 3.8) is 0 Å². The molecule has 1 unspecified atom stereocenters. The summed E-state index contributed by atoms with van der Waals surface area (Å²) in [6, 6.07) is 12.5. The van der Waals surface area contributed by atoms with Crippen LogP contribution in [0, 0.1) is 0 Å². The third-order valence-electron chi connectivity index (χ3n) is 3.37. The minimum atomic E-state index is -0.0168. The molecule has 5 heteroatoms. The number of carbonyl (C=O) groups is 1. The van der Waals surface area contributed by atoms with Gasteiger partial charge in [-0.15, -0.1) is 11.3 Å². The van der Waals surface area contributed by atoms with Crippen LogP contribution in [0.5, 0.6) is 0 Å². The van der Waals surface area contributed by atoms with Gasteiger partial charge in [0.2, 0.25) is 0 Å². The predicted octanol–water partition coefficient (Wildman–Crippen LogP) is 3.41. The number of hydrogen-bond acceptors (Lipinski definition) is 3. The van der Waals surface area contributed by atoms with Gasteiger partial charge in [0, 0.05) is 18.0 Å². The van der Waals surface area contributed by atoms with Crippen LogP contribution in [0.15, 0.2) is 45.6 Å². The van der Waals surface area contributed by atoms with Gasteiger partial charge in [-0.05, 0) is 48.1 Å². The highest BCUT2D eigenvalue weighted by molar-refractivity contribution is 9.11. The van der Waals surface area contributed by atoms with E-state index < -0.39 is 0 Å². The molecule has 1 atom stereocenters. The van der Waals surface area contributed by atoms with E-state index in [1.807, 2.05) is 43.7 Å². The van der Waals surface area contributed by atoms with Gasteiger partial charge in [-0.1, -0.05) is 30.3 Å². The number of likely N-dealkylation sites (N-methyl/N-ethyl adjacent to an activating group) is 1. The molecule has 2 rings (SSSR count). The first-order valence-corrected chi connectivity index (χ1v) is 8.46. The molecule has 2 aromatic rings. The lowest BCUT2D eigenvalue weighted by Crippen LogP contribution is -2.41. The molecular formula is C16H19BrN2OS.